The summed E-state index contributed by atoms with van der Waals surface area (Å²) in [5, 5.41) is 0. The van der Waals surface area contributed by atoms with Gasteiger partial charge in [0, 0.05) is 16.3 Å². The van der Waals surface area contributed by atoms with Gasteiger partial charge in [-0.15, -0.1) is 11.8 Å². The Morgan fingerprint density at radius 2 is 1.93 bits per heavy atom. The van der Waals surface area contributed by atoms with Crippen LogP contribution in [0.1, 0.15) is 0 Å². The van der Waals surface area contributed by atoms with Gasteiger partial charge in [0.25, 0.3) is 0 Å². The van der Waals surface area contributed by atoms with Crippen LogP contribution in [0.5, 0.6) is 0 Å². The predicted molar refractivity (Wildman–Crippen MR) is 59.1 cm³/mol. The van der Waals surface area contributed by atoms with Crippen molar-refractivity contribution in [1.82, 2.24) is 0 Å². The molecule has 5 nitrogen and oxygen atoms in total. The standard InChI is InChI=1S/C8H11NO4S2/c9-7-1-3-8(4-2-7)14-6-5-13-15(10,11)12/h1-4H,5-6,9H2,(H,10,11,12). The van der Waals surface area contributed by atoms with E-state index >= 15 is 0 Å². The van der Waals surface area contributed by atoms with Crippen LogP contribution in [0.4, 0.5) is 5.69 Å². The maximum atomic E-state index is 10.2. The van der Waals surface area contributed by atoms with Gasteiger partial charge >= 0.3 is 10.4 Å². The van der Waals surface area contributed by atoms with Gasteiger partial charge in [0.1, 0.15) is 0 Å². The maximum Gasteiger partial charge on any atom is 0.397 e. The zero-order valence-electron chi connectivity index (χ0n) is 7.79. The molecule has 0 atom stereocenters. The van der Waals surface area contributed by atoms with Crippen LogP contribution in [0.25, 0.3) is 0 Å². The molecule has 7 heteroatoms. The van der Waals surface area contributed by atoms with Crippen molar-refractivity contribution in [1.29, 1.82) is 0 Å². The molecule has 0 bridgehead atoms. The van der Waals surface area contributed by atoms with Gasteiger partial charge in [0.2, 0.25) is 0 Å². The highest BCUT2D eigenvalue weighted by Crippen LogP contribution is 2.18. The van der Waals surface area contributed by atoms with Crippen molar-refractivity contribution in [2.75, 3.05) is 18.1 Å². The van der Waals surface area contributed by atoms with Crippen LogP contribution in [0.2, 0.25) is 0 Å². The first-order chi connectivity index (χ1) is 6.97. The van der Waals surface area contributed by atoms with E-state index in [1.165, 1.54) is 11.8 Å². The van der Waals surface area contributed by atoms with Gasteiger partial charge in [-0.05, 0) is 24.3 Å². The number of benzene rings is 1. The van der Waals surface area contributed by atoms with Gasteiger partial charge in [-0.25, -0.2) is 4.18 Å². The Morgan fingerprint density at radius 1 is 1.33 bits per heavy atom. The van der Waals surface area contributed by atoms with Crippen molar-refractivity contribution in [3.63, 3.8) is 0 Å². The van der Waals surface area contributed by atoms with E-state index in [1.54, 1.807) is 12.1 Å². The van der Waals surface area contributed by atoms with E-state index in [4.69, 9.17) is 10.3 Å². The largest absolute Gasteiger partial charge is 0.399 e. The van der Waals surface area contributed by atoms with E-state index in [9.17, 15) is 8.42 Å². The molecule has 0 unspecified atom stereocenters. The lowest BCUT2D eigenvalue weighted by Crippen LogP contribution is -2.06. The molecule has 1 aromatic rings. The molecular formula is C8H11NO4S2. The van der Waals surface area contributed by atoms with Crippen LogP contribution in [-0.2, 0) is 14.6 Å². The van der Waals surface area contributed by atoms with Crippen molar-refractivity contribution in [3.05, 3.63) is 24.3 Å². The third-order valence-electron chi connectivity index (χ3n) is 1.46. The summed E-state index contributed by atoms with van der Waals surface area (Å²) in [6.45, 7) is -0.0616. The summed E-state index contributed by atoms with van der Waals surface area (Å²) in [7, 11) is -4.32. The number of rotatable bonds is 5. The van der Waals surface area contributed by atoms with Gasteiger partial charge in [-0.1, -0.05) is 0 Å². The number of nitrogens with two attached hydrogens (primary N) is 1. The molecule has 0 aliphatic heterocycles. The number of nitrogen functional groups attached to an aromatic ring is 1. The fourth-order valence-electron chi connectivity index (χ4n) is 0.863. The fraction of sp³-hybridized carbons (Fsp3) is 0.250. The van der Waals surface area contributed by atoms with E-state index in [1.807, 2.05) is 12.1 Å². The van der Waals surface area contributed by atoms with Crippen LogP contribution in [0.3, 0.4) is 0 Å². The summed E-state index contributed by atoms with van der Waals surface area (Å²) in [6.07, 6.45) is 0. The minimum Gasteiger partial charge on any atom is -0.399 e. The lowest BCUT2D eigenvalue weighted by molar-refractivity contribution is 0.285. The average molecular weight is 249 g/mol. The molecule has 0 spiro atoms. The molecular weight excluding hydrogens is 238 g/mol. The topological polar surface area (TPSA) is 89.6 Å². The Morgan fingerprint density at radius 3 is 2.47 bits per heavy atom. The molecule has 1 aromatic carbocycles. The molecule has 0 heterocycles. The van der Waals surface area contributed by atoms with Gasteiger partial charge in [-0.3, -0.25) is 4.55 Å². The van der Waals surface area contributed by atoms with Gasteiger partial charge < -0.3 is 5.73 Å². The molecule has 3 N–H and O–H groups in total. The predicted octanol–water partition coefficient (Wildman–Crippen LogP) is 1.18. The fourth-order valence-corrected chi connectivity index (χ4v) is 1.99. The Labute approximate surface area is 92.6 Å². The van der Waals surface area contributed by atoms with E-state index in [-0.39, 0.29) is 6.61 Å². The molecule has 0 saturated heterocycles. The Hall–Kier alpha value is -0.760. The van der Waals surface area contributed by atoms with Crippen LogP contribution in [-0.4, -0.2) is 25.3 Å². The van der Waals surface area contributed by atoms with Crippen molar-refractivity contribution < 1.29 is 17.2 Å². The summed E-state index contributed by atoms with van der Waals surface area (Å²) < 4.78 is 32.8. The van der Waals surface area contributed by atoms with Crippen LogP contribution >= 0.6 is 11.8 Å². The first-order valence-electron chi connectivity index (χ1n) is 4.07. The number of hydrogen-bond donors (Lipinski definition) is 2. The molecule has 0 aliphatic carbocycles. The molecule has 0 aliphatic rings. The van der Waals surface area contributed by atoms with Crippen LogP contribution in [0, 0.1) is 0 Å². The molecule has 1 rings (SSSR count). The van der Waals surface area contributed by atoms with E-state index in [0.29, 0.717) is 11.4 Å². The minimum atomic E-state index is -4.32. The molecule has 15 heavy (non-hydrogen) atoms. The van der Waals surface area contributed by atoms with E-state index in [2.05, 4.69) is 4.18 Å². The highest BCUT2D eigenvalue weighted by atomic mass is 32.3. The van der Waals surface area contributed by atoms with Gasteiger partial charge in [-0.2, -0.15) is 8.42 Å². The SMILES string of the molecule is Nc1ccc(SCCOS(=O)(=O)O)cc1. The monoisotopic (exact) mass is 249 g/mol. The molecule has 0 radical (unpaired) electrons. The lowest BCUT2D eigenvalue weighted by Gasteiger charge is -2.01. The lowest BCUT2D eigenvalue weighted by atomic mass is 10.3. The minimum absolute atomic E-state index is 0.0616. The summed E-state index contributed by atoms with van der Waals surface area (Å²) in [5.41, 5.74) is 6.17. The Bertz CT molecular complexity index is 401. The normalized spacial score (nSPS) is 11.5. The summed E-state index contributed by atoms with van der Waals surface area (Å²) in [6, 6.07) is 7.17. The second-order valence-electron chi connectivity index (χ2n) is 2.67. The summed E-state index contributed by atoms with van der Waals surface area (Å²) in [5.74, 6) is 0.434. The second kappa shape index (κ2) is 5.36. The zero-order valence-corrected chi connectivity index (χ0v) is 9.42. The quantitative estimate of drug-likeness (QED) is 0.352. The van der Waals surface area contributed by atoms with Gasteiger partial charge in [0.15, 0.2) is 0 Å². The molecule has 84 valence electrons. The Balaban J connectivity index is 2.29. The summed E-state index contributed by atoms with van der Waals surface area (Å²) in [4.78, 5) is 0.961. The van der Waals surface area contributed by atoms with Crippen molar-refractivity contribution in [2.45, 2.75) is 4.90 Å². The number of anilines is 1. The Kier molecular flexibility index (Phi) is 4.40. The number of hydrogen-bond acceptors (Lipinski definition) is 5. The maximum absolute atomic E-state index is 10.2. The van der Waals surface area contributed by atoms with Gasteiger partial charge in [0.05, 0.1) is 6.61 Å². The molecule has 0 fully saturated rings. The summed E-state index contributed by atoms with van der Waals surface area (Å²) >= 11 is 1.41. The third kappa shape index (κ3) is 5.63. The number of thioether (sulfide) groups is 1. The zero-order chi connectivity index (χ0) is 11.3. The highest BCUT2D eigenvalue weighted by molar-refractivity contribution is 7.99. The highest BCUT2D eigenvalue weighted by Gasteiger charge is 2.03. The second-order valence-corrected chi connectivity index (χ2v) is 4.93. The average Bonchev–Trinajstić information content (AvgIpc) is 2.14. The first kappa shape index (κ1) is 12.3. The van der Waals surface area contributed by atoms with Crippen LogP contribution in [0.15, 0.2) is 29.2 Å². The molecule has 0 saturated carbocycles. The first-order valence-corrected chi connectivity index (χ1v) is 6.42. The molecule has 0 amide bonds. The third-order valence-corrected chi connectivity index (χ3v) is 2.91. The van der Waals surface area contributed by atoms with Crippen molar-refractivity contribution in [3.8, 4) is 0 Å². The van der Waals surface area contributed by atoms with Crippen molar-refractivity contribution in [2.24, 2.45) is 0 Å². The van der Waals surface area contributed by atoms with E-state index in [0.717, 1.165) is 4.90 Å². The molecule has 0 aromatic heterocycles. The van der Waals surface area contributed by atoms with Crippen molar-refractivity contribution >= 4 is 27.8 Å². The smallest absolute Gasteiger partial charge is 0.397 e. The van der Waals surface area contributed by atoms with Crippen LogP contribution < -0.4 is 5.73 Å². The van der Waals surface area contributed by atoms with E-state index < -0.39 is 10.4 Å².